The first-order chi connectivity index (χ1) is 20.0. The molecule has 5 rings (SSSR count). The molecule has 1 aromatic heterocycles. The van der Waals surface area contributed by atoms with Crippen LogP contribution in [0.15, 0.2) is 106 Å². The largest absolute Gasteiger partial charge is 0.485 e. The maximum atomic E-state index is 12.7. The van der Waals surface area contributed by atoms with Crippen LogP contribution >= 0.6 is 0 Å². The molecular formula is C33H26O8. The van der Waals surface area contributed by atoms with E-state index in [2.05, 4.69) is 0 Å². The van der Waals surface area contributed by atoms with Crippen molar-refractivity contribution in [2.75, 3.05) is 14.2 Å². The van der Waals surface area contributed by atoms with Crippen LogP contribution in [-0.4, -0.2) is 26.2 Å². The van der Waals surface area contributed by atoms with Crippen molar-refractivity contribution in [1.29, 1.82) is 0 Å². The molecule has 0 radical (unpaired) electrons. The highest BCUT2D eigenvalue weighted by Crippen LogP contribution is 2.39. The van der Waals surface area contributed by atoms with Gasteiger partial charge in [-0.1, -0.05) is 54.6 Å². The number of esters is 2. The van der Waals surface area contributed by atoms with Crippen LogP contribution in [0.1, 0.15) is 31.8 Å². The van der Waals surface area contributed by atoms with Crippen molar-refractivity contribution in [2.24, 2.45) is 0 Å². The van der Waals surface area contributed by atoms with Crippen LogP contribution in [-0.2, 0) is 22.7 Å². The first kappa shape index (κ1) is 27.2. The number of ether oxygens (including phenoxy) is 4. The minimum absolute atomic E-state index is 0.115. The molecule has 0 saturated carbocycles. The molecule has 41 heavy (non-hydrogen) atoms. The lowest BCUT2D eigenvalue weighted by molar-refractivity contribution is 0.0592. The molecule has 4 aromatic carbocycles. The molecule has 206 valence electrons. The molecule has 0 spiro atoms. The topological polar surface area (TPSA) is 101 Å². The molecule has 0 unspecified atom stereocenters. The summed E-state index contributed by atoms with van der Waals surface area (Å²) in [5, 5.41) is 0.682. The van der Waals surface area contributed by atoms with Crippen LogP contribution in [0.4, 0.5) is 0 Å². The summed E-state index contributed by atoms with van der Waals surface area (Å²) in [6.07, 6.45) is 0. The maximum Gasteiger partial charge on any atom is 0.337 e. The Morgan fingerprint density at radius 1 is 0.683 bits per heavy atom. The summed E-state index contributed by atoms with van der Waals surface area (Å²) >= 11 is 0. The summed E-state index contributed by atoms with van der Waals surface area (Å²) in [5.41, 5.74) is 3.71. The number of hydrogen-bond acceptors (Lipinski definition) is 8. The van der Waals surface area contributed by atoms with Gasteiger partial charge in [0, 0.05) is 11.5 Å². The fraction of sp³-hybridized carbons (Fsp3) is 0.121. The van der Waals surface area contributed by atoms with E-state index in [9.17, 15) is 14.4 Å². The van der Waals surface area contributed by atoms with E-state index in [-0.39, 0.29) is 24.5 Å². The Kier molecular flexibility index (Phi) is 8.10. The van der Waals surface area contributed by atoms with Crippen LogP contribution in [0.25, 0.3) is 22.1 Å². The van der Waals surface area contributed by atoms with E-state index < -0.39 is 17.6 Å². The normalized spacial score (nSPS) is 10.7. The van der Waals surface area contributed by atoms with Crippen LogP contribution in [0.2, 0.25) is 0 Å². The maximum absolute atomic E-state index is 12.7. The summed E-state index contributed by atoms with van der Waals surface area (Å²) in [4.78, 5) is 36.2. The molecule has 0 aliphatic heterocycles. The van der Waals surface area contributed by atoms with Crippen molar-refractivity contribution < 1.29 is 33.0 Å². The molecule has 0 saturated heterocycles. The van der Waals surface area contributed by atoms with Gasteiger partial charge in [0.1, 0.15) is 13.2 Å². The number of hydrogen-bond donors (Lipinski definition) is 0. The third kappa shape index (κ3) is 6.12. The van der Waals surface area contributed by atoms with Gasteiger partial charge in [-0.3, -0.25) is 0 Å². The molecule has 0 aliphatic rings. The summed E-state index contributed by atoms with van der Waals surface area (Å²) in [7, 11) is 2.65. The van der Waals surface area contributed by atoms with Gasteiger partial charge < -0.3 is 23.4 Å². The van der Waals surface area contributed by atoms with Crippen molar-refractivity contribution in [2.45, 2.75) is 13.2 Å². The SMILES string of the molecule is COC(=O)c1ccc(COc2ccc3c(-c4ccccc4)cc(=O)oc3c2OCc2ccc(C(=O)OC)cc2)cc1. The Morgan fingerprint density at radius 2 is 1.24 bits per heavy atom. The fourth-order valence-electron chi connectivity index (χ4n) is 4.32. The highest BCUT2D eigenvalue weighted by atomic mass is 16.5. The molecule has 0 bridgehead atoms. The van der Waals surface area contributed by atoms with Gasteiger partial charge in [0.25, 0.3) is 0 Å². The molecule has 0 amide bonds. The van der Waals surface area contributed by atoms with E-state index in [0.717, 1.165) is 16.7 Å². The molecule has 5 aromatic rings. The first-order valence-electron chi connectivity index (χ1n) is 12.7. The first-order valence-corrected chi connectivity index (χ1v) is 12.7. The molecule has 1 heterocycles. The van der Waals surface area contributed by atoms with E-state index >= 15 is 0 Å². The Labute approximate surface area is 235 Å². The number of carbonyl (C=O) groups excluding carboxylic acids is 2. The Hall–Kier alpha value is -5.37. The van der Waals surface area contributed by atoms with E-state index in [4.69, 9.17) is 23.4 Å². The van der Waals surface area contributed by atoms with E-state index in [0.29, 0.717) is 27.8 Å². The van der Waals surface area contributed by atoms with Crippen molar-refractivity contribution >= 4 is 22.9 Å². The predicted molar refractivity (Wildman–Crippen MR) is 152 cm³/mol. The number of rotatable bonds is 9. The monoisotopic (exact) mass is 550 g/mol. The van der Waals surface area contributed by atoms with Crippen LogP contribution in [0.5, 0.6) is 11.5 Å². The number of methoxy groups -OCH3 is 2. The third-order valence-corrected chi connectivity index (χ3v) is 6.44. The van der Waals surface area contributed by atoms with E-state index in [1.807, 2.05) is 36.4 Å². The van der Waals surface area contributed by atoms with Crippen LogP contribution in [0, 0.1) is 0 Å². The molecule has 0 atom stereocenters. The number of carbonyl (C=O) groups is 2. The van der Waals surface area contributed by atoms with Crippen LogP contribution < -0.4 is 15.1 Å². The lowest BCUT2D eigenvalue weighted by Crippen LogP contribution is -2.05. The Morgan fingerprint density at radius 3 is 1.80 bits per heavy atom. The van der Waals surface area contributed by atoms with E-state index in [1.165, 1.54) is 20.3 Å². The average Bonchev–Trinajstić information content (AvgIpc) is 3.02. The zero-order chi connectivity index (χ0) is 28.8. The molecule has 0 aliphatic carbocycles. The predicted octanol–water partition coefficient (Wildman–Crippen LogP) is 6.19. The van der Waals surface area contributed by atoms with Crippen LogP contribution in [0.3, 0.4) is 0 Å². The van der Waals surface area contributed by atoms with Gasteiger partial charge >= 0.3 is 17.6 Å². The summed E-state index contributed by atoms with van der Waals surface area (Å²) in [6.45, 7) is 0.282. The second-order valence-corrected chi connectivity index (χ2v) is 9.07. The molecular weight excluding hydrogens is 524 g/mol. The molecule has 0 fully saturated rings. The van der Waals surface area contributed by atoms with Gasteiger partial charge in [-0.05, 0) is 58.7 Å². The molecule has 0 N–H and O–H groups in total. The summed E-state index contributed by atoms with van der Waals surface area (Å²) < 4.78 is 27.6. The van der Waals surface area contributed by atoms with E-state index in [1.54, 1.807) is 54.6 Å². The second kappa shape index (κ2) is 12.2. The van der Waals surface area contributed by atoms with Crippen molar-refractivity contribution in [3.63, 3.8) is 0 Å². The zero-order valence-corrected chi connectivity index (χ0v) is 22.4. The Balaban J connectivity index is 1.50. The lowest BCUT2D eigenvalue weighted by Gasteiger charge is -2.16. The van der Waals surface area contributed by atoms with Crippen molar-refractivity contribution in [1.82, 2.24) is 0 Å². The highest BCUT2D eigenvalue weighted by molar-refractivity contribution is 5.97. The average molecular weight is 551 g/mol. The summed E-state index contributed by atoms with van der Waals surface area (Å²) in [6, 6.07) is 28.2. The van der Waals surface area contributed by atoms with Gasteiger partial charge in [0.05, 0.1) is 25.3 Å². The van der Waals surface area contributed by atoms with Crippen molar-refractivity contribution in [3.05, 3.63) is 130 Å². The third-order valence-electron chi connectivity index (χ3n) is 6.44. The van der Waals surface area contributed by atoms with Gasteiger partial charge in [-0.2, -0.15) is 0 Å². The quantitative estimate of drug-likeness (QED) is 0.158. The smallest absolute Gasteiger partial charge is 0.337 e. The van der Waals surface area contributed by atoms with Gasteiger partial charge in [-0.25, -0.2) is 14.4 Å². The standard InChI is InChI=1S/C33H26O8/c1-37-32(35)24-12-8-21(9-13-24)19-39-28-17-16-26-27(23-6-4-3-5-7-23)18-29(34)41-30(26)31(28)40-20-22-10-14-25(15-11-22)33(36)38-2/h3-18H,19-20H2,1-2H3. The zero-order valence-electron chi connectivity index (χ0n) is 22.4. The molecule has 8 nitrogen and oxygen atoms in total. The number of benzene rings is 4. The Bertz CT molecular complexity index is 1740. The fourth-order valence-corrected chi connectivity index (χ4v) is 4.32. The minimum Gasteiger partial charge on any atom is -0.485 e. The van der Waals surface area contributed by atoms with Gasteiger partial charge in [0.15, 0.2) is 11.3 Å². The minimum atomic E-state index is -0.529. The van der Waals surface area contributed by atoms with Gasteiger partial charge in [0.2, 0.25) is 5.75 Å². The molecule has 8 heteroatoms. The number of fused-ring (bicyclic) bond motifs is 1. The lowest BCUT2D eigenvalue weighted by atomic mass is 10.0. The second-order valence-electron chi connectivity index (χ2n) is 9.07. The van der Waals surface area contributed by atoms with Crippen molar-refractivity contribution in [3.8, 4) is 22.6 Å². The summed E-state index contributed by atoms with van der Waals surface area (Å²) in [5.74, 6) is -0.224. The van der Waals surface area contributed by atoms with Gasteiger partial charge in [-0.15, -0.1) is 0 Å². The highest BCUT2D eigenvalue weighted by Gasteiger charge is 2.18.